The zero-order chi connectivity index (χ0) is 16.5. The van der Waals surface area contributed by atoms with Crippen LogP contribution in [0.4, 0.5) is 15.8 Å². The van der Waals surface area contributed by atoms with Crippen molar-refractivity contribution in [2.24, 2.45) is 0 Å². The van der Waals surface area contributed by atoms with Crippen molar-refractivity contribution >= 4 is 33.2 Å². The Balaban J connectivity index is 1.62. The van der Waals surface area contributed by atoms with Crippen LogP contribution in [0.15, 0.2) is 60.9 Å². The Bertz CT molecular complexity index is 1050. The van der Waals surface area contributed by atoms with Crippen LogP contribution in [0.3, 0.4) is 0 Å². The number of fused-ring (bicyclic) bond motifs is 2. The molecule has 2 heterocycles. The molecule has 2 aromatic heterocycles. The minimum Gasteiger partial charge on any atom is -0.399 e. The standard InChI is InChI=1S/C19H15FN4/c20-19-15-2-1-7-22-17(15)5-6-18(19)24-11-12-8-13-9-14(21)3-4-16(13)23-10-12/h1-10,24H,11,21H2. The van der Waals surface area contributed by atoms with Gasteiger partial charge in [0.1, 0.15) is 0 Å². The van der Waals surface area contributed by atoms with E-state index < -0.39 is 0 Å². The van der Waals surface area contributed by atoms with Gasteiger partial charge in [0.25, 0.3) is 0 Å². The van der Waals surface area contributed by atoms with Gasteiger partial charge < -0.3 is 11.1 Å². The van der Waals surface area contributed by atoms with Crippen LogP contribution >= 0.6 is 0 Å². The largest absolute Gasteiger partial charge is 0.399 e. The summed E-state index contributed by atoms with van der Waals surface area (Å²) < 4.78 is 14.5. The van der Waals surface area contributed by atoms with Gasteiger partial charge in [0.15, 0.2) is 5.82 Å². The average Bonchev–Trinajstić information content (AvgIpc) is 2.61. The molecule has 0 radical (unpaired) electrons. The Hall–Kier alpha value is -3.21. The minimum absolute atomic E-state index is 0.293. The van der Waals surface area contributed by atoms with Gasteiger partial charge in [-0.3, -0.25) is 9.97 Å². The molecule has 0 fully saturated rings. The highest BCUT2D eigenvalue weighted by molar-refractivity contribution is 5.84. The van der Waals surface area contributed by atoms with Gasteiger partial charge in [-0.2, -0.15) is 0 Å². The molecular weight excluding hydrogens is 303 g/mol. The first kappa shape index (κ1) is 14.4. The predicted molar refractivity (Wildman–Crippen MR) is 95.2 cm³/mol. The summed E-state index contributed by atoms with van der Waals surface area (Å²) in [5.74, 6) is -0.293. The number of nitrogens with zero attached hydrogens (tertiary/aromatic N) is 2. The molecule has 3 N–H and O–H groups in total. The molecule has 2 aromatic carbocycles. The summed E-state index contributed by atoms with van der Waals surface area (Å²) in [6.45, 7) is 0.473. The summed E-state index contributed by atoms with van der Waals surface area (Å²) in [7, 11) is 0. The number of pyridine rings is 2. The number of aromatic nitrogens is 2. The van der Waals surface area contributed by atoms with Crippen LogP contribution in [0.25, 0.3) is 21.8 Å². The second-order valence-electron chi connectivity index (χ2n) is 5.65. The number of rotatable bonds is 3. The van der Waals surface area contributed by atoms with Gasteiger partial charge in [0.05, 0.1) is 16.7 Å². The molecule has 0 aliphatic carbocycles. The van der Waals surface area contributed by atoms with Crippen LogP contribution in [-0.2, 0) is 6.54 Å². The quantitative estimate of drug-likeness (QED) is 0.558. The molecular formula is C19H15FN4. The molecule has 24 heavy (non-hydrogen) atoms. The molecule has 4 aromatic rings. The third kappa shape index (κ3) is 2.60. The first-order valence-electron chi connectivity index (χ1n) is 7.62. The number of nitrogens with one attached hydrogen (secondary N) is 1. The molecule has 0 bridgehead atoms. The van der Waals surface area contributed by atoms with E-state index >= 15 is 0 Å². The lowest BCUT2D eigenvalue weighted by Gasteiger charge is -2.10. The van der Waals surface area contributed by atoms with Gasteiger partial charge in [0.2, 0.25) is 0 Å². The first-order chi connectivity index (χ1) is 11.7. The molecule has 0 atom stereocenters. The summed E-state index contributed by atoms with van der Waals surface area (Å²) in [6, 6.07) is 14.6. The van der Waals surface area contributed by atoms with E-state index in [1.165, 1.54) is 0 Å². The van der Waals surface area contributed by atoms with E-state index in [9.17, 15) is 4.39 Å². The van der Waals surface area contributed by atoms with Gasteiger partial charge in [-0.05, 0) is 54.1 Å². The molecule has 4 nitrogen and oxygen atoms in total. The van der Waals surface area contributed by atoms with Crippen molar-refractivity contribution in [3.05, 3.63) is 72.3 Å². The lowest BCUT2D eigenvalue weighted by Crippen LogP contribution is -2.02. The molecule has 118 valence electrons. The van der Waals surface area contributed by atoms with Crippen molar-refractivity contribution in [1.29, 1.82) is 0 Å². The van der Waals surface area contributed by atoms with Crippen LogP contribution in [-0.4, -0.2) is 9.97 Å². The van der Waals surface area contributed by atoms with Crippen molar-refractivity contribution < 1.29 is 4.39 Å². The molecule has 5 heteroatoms. The molecule has 0 spiro atoms. The van der Waals surface area contributed by atoms with Gasteiger partial charge in [-0.15, -0.1) is 0 Å². The number of hydrogen-bond donors (Lipinski definition) is 2. The third-order valence-corrected chi connectivity index (χ3v) is 3.96. The fourth-order valence-corrected chi connectivity index (χ4v) is 2.74. The number of hydrogen-bond acceptors (Lipinski definition) is 4. The first-order valence-corrected chi connectivity index (χ1v) is 7.62. The fourth-order valence-electron chi connectivity index (χ4n) is 2.74. The van der Waals surface area contributed by atoms with Crippen molar-refractivity contribution in [3.63, 3.8) is 0 Å². The maximum atomic E-state index is 14.5. The maximum absolute atomic E-state index is 14.5. The van der Waals surface area contributed by atoms with Crippen molar-refractivity contribution in [1.82, 2.24) is 9.97 Å². The van der Waals surface area contributed by atoms with Crippen molar-refractivity contribution in [3.8, 4) is 0 Å². The van der Waals surface area contributed by atoms with E-state index in [1.54, 1.807) is 36.7 Å². The number of halogens is 1. The molecule has 0 saturated carbocycles. The molecule has 0 unspecified atom stereocenters. The Morgan fingerprint density at radius 2 is 1.88 bits per heavy atom. The topological polar surface area (TPSA) is 63.8 Å². The lowest BCUT2D eigenvalue weighted by atomic mass is 10.1. The summed E-state index contributed by atoms with van der Waals surface area (Å²) in [5.41, 5.74) is 9.44. The van der Waals surface area contributed by atoms with Crippen LogP contribution in [0.2, 0.25) is 0 Å². The predicted octanol–water partition coefficient (Wildman–Crippen LogP) is 4.12. The zero-order valence-corrected chi connectivity index (χ0v) is 12.8. The van der Waals surface area contributed by atoms with E-state index in [0.717, 1.165) is 16.5 Å². The highest BCUT2D eigenvalue weighted by Crippen LogP contribution is 2.24. The SMILES string of the molecule is Nc1ccc2ncc(CNc3ccc4ncccc4c3F)cc2c1. The van der Waals surface area contributed by atoms with Crippen LogP contribution < -0.4 is 11.1 Å². The Morgan fingerprint density at radius 3 is 2.79 bits per heavy atom. The van der Waals surface area contributed by atoms with E-state index in [0.29, 0.717) is 28.8 Å². The molecule has 0 aliphatic heterocycles. The van der Waals surface area contributed by atoms with Gasteiger partial charge >= 0.3 is 0 Å². The van der Waals surface area contributed by atoms with E-state index in [4.69, 9.17) is 5.73 Å². The smallest absolute Gasteiger partial charge is 0.155 e. The number of nitrogen functional groups attached to an aromatic ring is 1. The van der Waals surface area contributed by atoms with E-state index in [-0.39, 0.29) is 5.82 Å². The highest BCUT2D eigenvalue weighted by Gasteiger charge is 2.08. The van der Waals surface area contributed by atoms with Crippen LogP contribution in [0.1, 0.15) is 5.56 Å². The Kier molecular flexibility index (Phi) is 3.46. The van der Waals surface area contributed by atoms with E-state index in [1.807, 2.05) is 24.3 Å². The molecule has 0 amide bonds. The fraction of sp³-hybridized carbons (Fsp3) is 0.0526. The summed E-state index contributed by atoms with van der Waals surface area (Å²) in [6.07, 6.45) is 3.44. The number of anilines is 2. The lowest BCUT2D eigenvalue weighted by molar-refractivity contribution is 0.641. The van der Waals surface area contributed by atoms with E-state index in [2.05, 4.69) is 15.3 Å². The summed E-state index contributed by atoms with van der Waals surface area (Å²) in [5, 5.41) is 4.60. The van der Waals surface area contributed by atoms with Gasteiger partial charge in [0, 0.05) is 35.4 Å². The second-order valence-corrected chi connectivity index (χ2v) is 5.65. The zero-order valence-electron chi connectivity index (χ0n) is 12.8. The third-order valence-electron chi connectivity index (χ3n) is 3.96. The molecule has 0 aliphatic rings. The van der Waals surface area contributed by atoms with Gasteiger partial charge in [-0.25, -0.2) is 4.39 Å². The molecule has 4 rings (SSSR count). The highest BCUT2D eigenvalue weighted by atomic mass is 19.1. The maximum Gasteiger partial charge on any atom is 0.155 e. The minimum atomic E-state index is -0.293. The monoisotopic (exact) mass is 318 g/mol. The number of benzene rings is 2. The normalized spacial score (nSPS) is 11.0. The summed E-state index contributed by atoms with van der Waals surface area (Å²) >= 11 is 0. The van der Waals surface area contributed by atoms with Crippen LogP contribution in [0.5, 0.6) is 0 Å². The number of nitrogens with two attached hydrogens (primary N) is 1. The Morgan fingerprint density at radius 1 is 1.00 bits per heavy atom. The van der Waals surface area contributed by atoms with Crippen LogP contribution in [0, 0.1) is 5.82 Å². The van der Waals surface area contributed by atoms with Gasteiger partial charge in [-0.1, -0.05) is 0 Å². The second kappa shape index (κ2) is 5.77. The Labute approximate surface area is 138 Å². The van der Waals surface area contributed by atoms with Crippen molar-refractivity contribution in [2.75, 3.05) is 11.1 Å². The summed E-state index contributed by atoms with van der Waals surface area (Å²) in [4.78, 5) is 8.56. The average molecular weight is 318 g/mol. The molecule has 0 saturated heterocycles. The van der Waals surface area contributed by atoms with Crippen molar-refractivity contribution in [2.45, 2.75) is 6.54 Å².